The fraction of sp³-hybridized carbons (Fsp3) is 0.889. The van der Waals surface area contributed by atoms with Gasteiger partial charge in [-0.3, -0.25) is 13.8 Å². The Kier molecular flexibility index (Phi) is 42.3. The SMILES string of the molecule is CCCCC/C=C\C/C=C\CCCCCCCCOCC(COP(=O)(O)OCCN)OC(=O)CCCCCCCCCCCCCCCCCCCCC. The molecule has 9 heteroatoms. The van der Waals surface area contributed by atoms with Crippen LogP contribution in [-0.2, 0) is 27.9 Å². The van der Waals surface area contributed by atoms with Gasteiger partial charge in [0, 0.05) is 19.6 Å². The van der Waals surface area contributed by atoms with Crippen LogP contribution in [0.4, 0.5) is 0 Å². The van der Waals surface area contributed by atoms with Crippen LogP contribution in [-0.4, -0.2) is 49.9 Å². The molecule has 3 N–H and O–H groups in total. The lowest BCUT2D eigenvalue weighted by molar-refractivity contribution is -0.154. The van der Waals surface area contributed by atoms with Crippen LogP contribution in [0.3, 0.4) is 0 Å². The zero-order chi connectivity index (χ0) is 39.5. The minimum absolute atomic E-state index is 0.0956. The first-order valence-corrected chi connectivity index (χ1v) is 24.3. The highest BCUT2D eigenvalue weighted by atomic mass is 31.2. The fourth-order valence-electron chi connectivity index (χ4n) is 6.50. The number of phosphoric acid groups is 1. The van der Waals surface area contributed by atoms with E-state index in [2.05, 4.69) is 38.2 Å². The summed E-state index contributed by atoms with van der Waals surface area (Å²) in [7, 11) is -4.28. The van der Waals surface area contributed by atoms with E-state index in [9.17, 15) is 14.3 Å². The largest absolute Gasteiger partial charge is 0.472 e. The number of rotatable bonds is 44. The van der Waals surface area contributed by atoms with Gasteiger partial charge in [-0.25, -0.2) is 4.57 Å². The molecule has 0 aliphatic carbocycles. The quantitative estimate of drug-likeness (QED) is 0.0271. The number of carbonyl (C=O) groups excluding carboxylic acids is 1. The highest BCUT2D eigenvalue weighted by molar-refractivity contribution is 7.47. The molecule has 0 radical (unpaired) electrons. The van der Waals surface area contributed by atoms with Crippen molar-refractivity contribution in [2.45, 2.75) is 225 Å². The average Bonchev–Trinajstić information content (AvgIpc) is 3.16. The van der Waals surface area contributed by atoms with Crippen LogP contribution < -0.4 is 5.73 Å². The normalized spacial score (nSPS) is 13.6. The zero-order valence-corrected chi connectivity index (χ0v) is 36.4. The maximum Gasteiger partial charge on any atom is 0.472 e. The summed E-state index contributed by atoms with van der Waals surface area (Å²) in [6.07, 6.45) is 47.7. The molecule has 0 saturated heterocycles. The highest BCUT2D eigenvalue weighted by Crippen LogP contribution is 2.43. The Morgan fingerprint density at radius 3 is 1.48 bits per heavy atom. The van der Waals surface area contributed by atoms with Crippen molar-refractivity contribution >= 4 is 13.8 Å². The lowest BCUT2D eigenvalue weighted by atomic mass is 10.0. The van der Waals surface area contributed by atoms with E-state index in [1.54, 1.807) is 0 Å². The van der Waals surface area contributed by atoms with E-state index < -0.39 is 13.9 Å². The zero-order valence-electron chi connectivity index (χ0n) is 35.5. The number of allylic oxidation sites excluding steroid dienone is 4. The number of carbonyl (C=O) groups is 1. The molecule has 0 aliphatic heterocycles. The summed E-state index contributed by atoms with van der Waals surface area (Å²) in [5, 5.41) is 0. The molecule has 0 heterocycles. The third-order valence-corrected chi connectivity index (χ3v) is 10.9. The Labute approximate surface area is 334 Å². The first kappa shape index (κ1) is 53.0. The van der Waals surface area contributed by atoms with Crippen LogP contribution in [0.2, 0.25) is 0 Å². The number of unbranched alkanes of at least 4 members (excludes halogenated alkanes) is 27. The summed E-state index contributed by atoms with van der Waals surface area (Å²) in [4.78, 5) is 22.5. The van der Waals surface area contributed by atoms with Crippen molar-refractivity contribution in [2.75, 3.05) is 33.0 Å². The molecule has 0 amide bonds. The third kappa shape index (κ3) is 42.1. The maximum atomic E-state index is 12.6. The summed E-state index contributed by atoms with van der Waals surface area (Å²) >= 11 is 0. The molecule has 0 spiro atoms. The highest BCUT2D eigenvalue weighted by Gasteiger charge is 2.25. The van der Waals surface area contributed by atoms with Gasteiger partial charge in [-0.2, -0.15) is 0 Å². The molecular formula is C45H88NO7P. The van der Waals surface area contributed by atoms with Gasteiger partial charge in [0.15, 0.2) is 0 Å². The van der Waals surface area contributed by atoms with Gasteiger partial charge < -0.3 is 20.1 Å². The van der Waals surface area contributed by atoms with Crippen LogP contribution in [0.5, 0.6) is 0 Å². The number of ether oxygens (including phenoxy) is 2. The lowest BCUT2D eigenvalue weighted by Gasteiger charge is -2.20. The van der Waals surface area contributed by atoms with Crippen molar-refractivity contribution in [3.63, 3.8) is 0 Å². The summed E-state index contributed by atoms with van der Waals surface area (Å²) in [5.74, 6) is -0.330. The van der Waals surface area contributed by atoms with E-state index >= 15 is 0 Å². The number of esters is 1. The second-order valence-corrected chi connectivity index (χ2v) is 16.7. The summed E-state index contributed by atoms with van der Waals surface area (Å²) in [6, 6.07) is 0. The van der Waals surface area contributed by atoms with Crippen LogP contribution in [0, 0.1) is 0 Å². The minimum Gasteiger partial charge on any atom is -0.457 e. The molecular weight excluding hydrogens is 697 g/mol. The van der Waals surface area contributed by atoms with Gasteiger partial charge in [0.05, 0.1) is 19.8 Å². The summed E-state index contributed by atoms with van der Waals surface area (Å²) < 4.78 is 33.5. The van der Waals surface area contributed by atoms with Crippen molar-refractivity contribution in [3.05, 3.63) is 24.3 Å². The second kappa shape index (κ2) is 43.1. The maximum absolute atomic E-state index is 12.6. The van der Waals surface area contributed by atoms with Gasteiger partial charge >= 0.3 is 13.8 Å². The number of nitrogens with two attached hydrogens (primary N) is 1. The number of hydrogen-bond donors (Lipinski definition) is 2. The first-order valence-electron chi connectivity index (χ1n) is 22.8. The Morgan fingerprint density at radius 1 is 0.556 bits per heavy atom. The molecule has 0 rings (SSSR count). The molecule has 0 fully saturated rings. The predicted molar refractivity (Wildman–Crippen MR) is 229 cm³/mol. The monoisotopic (exact) mass is 786 g/mol. The van der Waals surface area contributed by atoms with Crippen LogP contribution in [0.25, 0.3) is 0 Å². The Hall–Kier alpha value is -1.02. The molecule has 0 saturated carbocycles. The smallest absolute Gasteiger partial charge is 0.457 e. The van der Waals surface area contributed by atoms with Crippen molar-refractivity contribution in [3.8, 4) is 0 Å². The predicted octanol–water partition coefficient (Wildman–Crippen LogP) is 13.6. The Balaban J connectivity index is 3.98. The van der Waals surface area contributed by atoms with E-state index in [1.807, 2.05) is 0 Å². The number of hydrogen-bond acceptors (Lipinski definition) is 7. The topological polar surface area (TPSA) is 117 Å². The molecule has 320 valence electrons. The standard InChI is InChI=1S/C45H88NO7P/c1-3-5-7-9-11-13-15-17-19-21-22-23-24-26-28-30-32-34-36-38-45(47)53-44(43-52-54(48,49)51-41-39-46)42-50-40-37-35-33-31-29-27-25-20-18-16-14-12-10-8-6-4-2/h12,14,18,20,44H,3-11,13,15-17,19,21-43,46H2,1-2H3,(H,48,49)/b14-12-,20-18-. The summed E-state index contributed by atoms with van der Waals surface area (Å²) in [6.45, 7) is 4.91. The van der Waals surface area contributed by atoms with Crippen LogP contribution >= 0.6 is 7.82 Å². The molecule has 0 aliphatic rings. The second-order valence-electron chi connectivity index (χ2n) is 15.3. The van der Waals surface area contributed by atoms with Crippen LogP contribution in [0.15, 0.2) is 24.3 Å². The van der Waals surface area contributed by atoms with Crippen molar-refractivity contribution < 1.29 is 32.8 Å². The van der Waals surface area contributed by atoms with E-state index in [0.717, 1.165) is 44.9 Å². The molecule has 0 aromatic carbocycles. The molecule has 2 atom stereocenters. The molecule has 54 heavy (non-hydrogen) atoms. The van der Waals surface area contributed by atoms with Gasteiger partial charge in [0.25, 0.3) is 0 Å². The van der Waals surface area contributed by atoms with Crippen molar-refractivity contribution in [1.29, 1.82) is 0 Å². The van der Waals surface area contributed by atoms with Crippen LogP contribution in [0.1, 0.15) is 219 Å². The van der Waals surface area contributed by atoms with Gasteiger partial charge in [-0.15, -0.1) is 0 Å². The van der Waals surface area contributed by atoms with E-state index in [4.69, 9.17) is 24.3 Å². The molecule has 8 nitrogen and oxygen atoms in total. The third-order valence-electron chi connectivity index (χ3n) is 9.87. The summed E-state index contributed by atoms with van der Waals surface area (Å²) in [5.41, 5.74) is 5.37. The molecule has 0 aromatic rings. The first-order chi connectivity index (χ1) is 26.4. The van der Waals surface area contributed by atoms with Gasteiger partial charge in [0.1, 0.15) is 6.10 Å². The Bertz CT molecular complexity index is 884. The molecule has 0 aromatic heterocycles. The fourth-order valence-corrected chi connectivity index (χ4v) is 7.26. The van der Waals surface area contributed by atoms with Crippen molar-refractivity contribution in [2.24, 2.45) is 5.73 Å². The minimum atomic E-state index is -4.28. The van der Waals surface area contributed by atoms with Crippen molar-refractivity contribution in [1.82, 2.24) is 0 Å². The van der Waals surface area contributed by atoms with Gasteiger partial charge in [0.2, 0.25) is 0 Å². The van der Waals surface area contributed by atoms with E-state index in [-0.39, 0.29) is 32.3 Å². The van der Waals surface area contributed by atoms with Gasteiger partial charge in [-0.05, 0) is 44.9 Å². The Morgan fingerprint density at radius 2 is 0.981 bits per heavy atom. The average molecular weight is 786 g/mol. The lowest BCUT2D eigenvalue weighted by Crippen LogP contribution is -2.28. The molecule has 2 unspecified atom stereocenters. The molecule has 0 bridgehead atoms. The van der Waals surface area contributed by atoms with Gasteiger partial charge in [-0.1, -0.05) is 192 Å². The van der Waals surface area contributed by atoms with E-state index in [0.29, 0.717) is 13.0 Å². The number of phosphoric ester groups is 1. The van der Waals surface area contributed by atoms with E-state index in [1.165, 1.54) is 154 Å².